The fourth-order valence-corrected chi connectivity index (χ4v) is 4.95. The third kappa shape index (κ3) is 4.80. The second-order valence-corrected chi connectivity index (χ2v) is 8.95. The van der Waals surface area contributed by atoms with Gasteiger partial charge in [-0.25, -0.2) is 0 Å². The van der Waals surface area contributed by atoms with Crippen molar-refractivity contribution < 1.29 is 14.3 Å². The molecule has 0 fully saturated rings. The van der Waals surface area contributed by atoms with Crippen molar-refractivity contribution in [2.24, 2.45) is 7.05 Å². The topological polar surface area (TPSA) is 82.5 Å². The van der Waals surface area contributed by atoms with Crippen LogP contribution in [0.25, 0.3) is 0 Å². The standard InChI is InChI=1S/C26H25N3O4S/c1-5-11-33-20-10-9-18(13-21(20)32-4)19-14-22(30)27-24-23(19)25(31)28-26(29(24)3)34-15-17-8-6-7-16(2)12-17/h1,6-10,12-13,19H,11,14-15H2,2-4H3,(H,27,30). The number of aryl methyl sites for hydroxylation is 1. The molecule has 2 aromatic carbocycles. The van der Waals surface area contributed by atoms with E-state index in [1.807, 2.05) is 38.2 Å². The molecule has 7 nitrogen and oxygen atoms in total. The number of aromatic nitrogens is 2. The van der Waals surface area contributed by atoms with E-state index in [0.29, 0.717) is 33.8 Å². The van der Waals surface area contributed by atoms with Crippen molar-refractivity contribution in [1.29, 1.82) is 0 Å². The molecule has 4 rings (SSSR count). The highest BCUT2D eigenvalue weighted by atomic mass is 32.2. The van der Waals surface area contributed by atoms with Gasteiger partial charge in [0.15, 0.2) is 16.7 Å². The van der Waals surface area contributed by atoms with Crippen LogP contribution in [0.2, 0.25) is 0 Å². The fraction of sp³-hybridized carbons (Fsp3) is 0.269. The summed E-state index contributed by atoms with van der Waals surface area (Å²) >= 11 is 1.46. The lowest BCUT2D eigenvalue weighted by molar-refractivity contribution is -0.116. The summed E-state index contributed by atoms with van der Waals surface area (Å²) in [5, 5.41) is 3.42. The van der Waals surface area contributed by atoms with E-state index in [-0.39, 0.29) is 24.5 Å². The second kappa shape index (κ2) is 10.1. The molecule has 0 aliphatic carbocycles. The highest BCUT2D eigenvalue weighted by Crippen LogP contribution is 2.39. The van der Waals surface area contributed by atoms with E-state index < -0.39 is 5.92 Å². The molecule has 0 saturated heterocycles. The van der Waals surface area contributed by atoms with Gasteiger partial charge in [-0.3, -0.25) is 9.59 Å². The predicted molar refractivity (Wildman–Crippen MR) is 133 cm³/mol. The van der Waals surface area contributed by atoms with Crippen LogP contribution in [-0.4, -0.2) is 29.2 Å². The highest BCUT2D eigenvalue weighted by molar-refractivity contribution is 7.98. The Balaban J connectivity index is 1.70. The largest absolute Gasteiger partial charge is 0.493 e. The molecule has 174 valence electrons. The van der Waals surface area contributed by atoms with E-state index in [2.05, 4.69) is 22.3 Å². The van der Waals surface area contributed by atoms with Crippen molar-refractivity contribution in [1.82, 2.24) is 9.55 Å². The van der Waals surface area contributed by atoms with Crippen LogP contribution in [0.3, 0.4) is 0 Å². The number of carbonyl (C=O) groups is 1. The number of rotatable bonds is 7. The van der Waals surface area contributed by atoms with Crippen LogP contribution in [0.15, 0.2) is 52.4 Å². The van der Waals surface area contributed by atoms with Crippen molar-refractivity contribution in [2.45, 2.75) is 30.2 Å². The maximum absolute atomic E-state index is 13.2. The summed E-state index contributed by atoms with van der Waals surface area (Å²) in [6.07, 6.45) is 5.41. The number of amides is 1. The van der Waals surface area contributed by atoms with Crippen LogP contribution >= 0.6 is 11.8 Å². The van der Waals surface area contributed by atoms with E-state index in [1.54, 1.807) is 16.7 Å². The van der Waals surface area contributed by atoms with E-state index in [1.165, 1.54) is 24.4 Å². The Morgan fingerprint density at radius 2 is 2.06 bits per heavy atom. The van der Waals surface area contributed by atoms with Crippen molar-refractivity contribution >= 4 is 23.5 Å². The van der Waals surface area contributed by atoms with Crippen molar-refractivity contribution in [3.63, 3.8) is 0 Å². The number of nitrogens with one attached hydrogen (secondary N) is 1. The van der Waals surface area contributed by atoms with Gasteiger partial charge < -0.3 is 19.4 Å². The van der Waals surface area contributed by atoms with Crippen molar-refractivity contribution in [3.05, 3.63) is 75.1 Å². The summed E-state index contributed by atoms with van der Waals surface area (Å²) in [4.78, 5) is 30.2. The van der Waals surface area contributed by atoms with Crippen LogP contribution in [0.4, 0.5) is 5.82 Å². The fourth-order valence-electron chi connectivity index (χ4n) is 4.04. The smallest absolute Gasteiger partial charge is 0.279 e. The Morgan fingerprint density at radius 3 is 2.79 bits per heavy atom. The van der Waals surface area contributed by atoms with Crippen LogP contribution in [-0.2, 0) is 17.6 Å². The van der Waals surface area contributed by atoms with Gasteiger partial charge in [-0.15, -0.1) is 6.42 Å². The molecule has 34 heavy (non-hydrogen) atoms. The number of hydrogen-bond donors (Lipinski definition) is 1. The second-order valence-electron chi connectivity index (χ2n) is 8.01. The maximum atomic E-state index is 13.2. The summed E-state index contributed by atoms with van der Waals surface area (Å²) in [5.41, 5.74) is 3.18. The third-order valence-corrected chi connectivity index (χ3v) is 6.75. The van der Waals surface area contributed by atoms with Gasteiger partial charge in [0.2, 0.25) is 5.91 Å². The molecule has 0 saturated carbocycles. The number of ether oxygens (including phenoxy) is 2. The van der Waals surface area contributed by atoms with Gasteiger partial charge in [0.1, 0.15) is 12.4 Å². The minimum absolute atomic E-state index is 0.109. The quantitative estimate of drug-likeness (QED) is 0.317. The number of methoxy groups -OCH3 is 1. The molecular weight excluding hydrogens is 450 g/mol. The molecular formula is C26H25N3O4S. The lowest BCUT2D eigenvalue weighted by atomic mass is 9.86. The Morgan fingerprint density at radius 1 is 1.24 bits per heavy atom. The number of nitrogens with zero attached hydrogens (tertiary/aromatic N) is 2. The Hall–Kier alpha value is -3.70. The molecule has 0 radical (unpaired) electrons. The van der Waals surface area contributed by atoms with Gasteiger partial charge in [-0.1, -0.05) is 53.6 Å². The number of thioether (sulfide) groups is 1. The minimum Gasteiger partial charge on any atom is -0.493 e. The first-order valence-corrected chi connectivity index (χ1v) is 11.7. The zero-order valence-electron chi connectivity index (χ0n) is 19.3. The van der Waals surface area contributed by atoms with Gasteiger partial charge >= 0.3 is 0 Å². The van der Waals surface area contributed by atoms with E-state index in [9.17, 15) is 9.59 Å². The number of benzene rings is 2. The number of anilines is 1. The summed E-state index contributed by atoms with van der Waals surface area (Å²) in [6.45, 7) is 2.15. The highest BCUT2D eigenvalue weighted by Gasteiger charge is 2.32. The van der Waals surface area contributed by atoms with Crippen LogP contribution in [0, 0.1) is 19.3 Å². The predicted octanol–water partition coefficient (Wildman–Crippen LogP) is 3.88. The van der Waals surface area contributed by atoms with Crippen LogP contribution in [0.5, 0.6) is 11.5 Å². The molecule has 0 bridgehead atoms. The molecule has 1 atom stereocenters. The van der Waals surface area contributed by atoms with E-state index in [4.69, 9.17) is 15.9 Å². The summed E-state index contributed by atoms with van der Waals surface area (Å²) in [7, 11) is 3.34. The third-order valence-electron chi connectivity index (χ3n) is 5.65. The molecule has 0 spiro atoms. The molecule has 8 heteroatoms. The normalized spacial score (nSPS) is 14.6. The number of hydrogen-bond acceptors (Lipinski definition) is 6. The molecule has 1 aliphatic heterocycles. The molecule has 1 unspecified atom stereocenters. The number of carbonyl (C=O) groups excluding carboxylic acids is 1. The Kier molecular flexibility index (Phi) is 6.94. The molecule has 1 N–H and O–H groups in total. The van der Waals surface area contributed by atoms with Gasteiger partial charge in [0.25, 0.3) is 5.56 Å². The van der Waals surface area contributed by atoms with Crippen LogP contribution in [0.1, 0.15) is 34.6 Å². The maximum Gasteiger partial charge on any atom is 0.279 e. The number of fused-ring (bicyclic) bond motifs is 1. The zero-order chi connectivity index (χ0) is 24.2. The van der Waals surface area contributed by atoms with E-state index >= 15 is 0 Å². The molecule has 3 aromatic rings. The lowest BCUT2D eigenvalue weighted by Gasteiger charge is -2.28. The zero-order valence-corrected chi connectivity index (χ0v) is 20.1. The SMILES string of the molecule is C#CCOc1ccc(C2CC(=O)Nc3c2c(=O)nc(SCc2cccc(C)c2)n3C)cc1OC. The Bertz CT molecular complexity index is 1340. The average Bonchev–Trinajstić information content (AvgIpc) is 2.83. The van der Waals surface area contributed by atoms with E-state index in [0.717, 1.165) is 11.1 Å². The van der Waals surface area contributed by atoms with Gasteiger partial charge in [0.05, 0.1) is 12.7 Å². The first-order chi connectivity index (χ1) is 16.4. The summed E-state index contributed by atoms with van der Waals surface area (Å²) in [5.74, 6) is 3.91. The number of terminal acetylenes is 1. The summed E-state index contributed by atoms with van der Waals surface area (Å²) < 4.78 is 12.7. The molecule has 1 aromatic heterocycles. The average molecular weight is 476 g/mol. The first-order valence-electron chi connectivity index (χ1n) is 10.7. The van der Waals surface area contributed by atoms with Crippen LogP contribution < -0.4 is 20.3 Å². The first kappa shape index (κ1) is 23.5. The lowest BCUT2D eigenvalue weighted by Crippen LogP contribution is -2.33. The Labute approximate surface area is 202 Å². The van der Waals surface area contributed by atoms with Crippen molar-refractivity contribution in [2.75, 3.05) is 19.0 Å². The van der Waals surface area contributed by atoms with Gasteiger partial charge in [-0.2, -0.15) is 4.98 Å². The minimum atomic E-state index is -0.457. The monoisotopic (exact) mass is 475 g/mol. The summed E-state index contributed by atoms with van der Waals surface area (Å²) in [6, 6.07) is 13.5. The molecule has 1 aliphatic rings. The van der Waals surface area contributed by atoms with Gasteiger partial charge in [0, 0.05) is 25.1 Å². The molecule has 2 heterocycles. The molecule has 1 amide bonds. The van der Waals surface area contributed by atoms with Crippen molar-refractivity contribution in [3.8, 4) is 23.8 Å². The van der Waals surface area contributed by atoms with Gasteiger partial charge in [-0.05, 0) is 30.2 Å².